The van der Waals surface area contributed by atoms with Crippen LogP contribution in [0.4, 0.5) is 5.69 Å². The number of hydrogen-bond acceptors (Lipinski definition) is 2. The van der Waals surface area contributed by atoms with Crippen LogP contribution in [-0.2, 0) is 11.2 Å². The van der Waals surface area contributed by atoms with Crippen LogP contribution in [0.2, 0.25) is 0 Å². The zero-order chi connectivity index (χ0) is 13.7. The van der Waals surface area contributed by atoms with E-state index in [9.17, 15) is 4.79 Å². The van der Waals surface area contributed by atoms with Crippen LogP contribution in [0, 0.1) is 11.8 Å². The van der Waals surface area contributed by atoms with Gasteiger partial charge in [-0.1, -0.05) is 31.9 Å². The number of benzene rings is 1. The highest BCUT2D eigenvalue weighted by atomic mass is 16.1. The van der Waals surface area contributed by atoms with Gasteiger partial charge in [-0.2, -0.15) is 0 Å². The van der Waals surface area contributed by atoms with Crippen LogP contribution in [-0.4, -0.2) is 12.5 Å². The predicted octanol–water partition coefficient (Wildman–Crippen LogP) is 2.75. The first kappa shape index (κ1) is 13.9. The lowest BCUT2D eigenvalue weighted by Gasteiger charge is -2.26. The third kappa shape index (κ3) is 4.58. The maximum absolute atomic E-state index is 11.9. The smallest absolute Gasteiger partial charge is 0.224 e. The van der Waals surface area contributed by atoms with Crippen molar-refractivity contribution < 1.29 is 4.79 Å². The third-order valence-electron chi connectivity index (χ3n) is 4.04. The molecule has 1 aliphatic carbocycles. The Morgan fingerprint density at radius 1 is 1.32 bits per heavy atom. The van der Waals surface area contributed by atoms with E-state index in [1.54, 1.807) is 0 Å². The molecule has 0 aliphatic heterocycles. The van der Waals surface area contributed by atoms with Gasteiger partial charge in [0.05, 0.1) is 6.42 Å². The first-order valence-electron chi connectivity index (χ1n) is 7.24. The number of amides is 1. The second kappa shape index (κ2) is 6.60. The van der Waals surface area contributed by atoms with Crippen LogP contribution in [0.5, 0.6) is 0 Å². The minimum Gasteiger partial charge on any atom is -0.399 e. The van der Waals surface area contributed by atoms with Crippen LogP contribution < -0.4 is 11.1 Å². The SMILES string of the molecule is CC1CCC(CNC(=O)Cc2cccc(N)c2)CC1. The van der Waals surface area contributed by atoms with E-state index < -0.39 is 0 Å². The van der Waals surface area contributed by atoms with Gasteiger partial charge < -0.3 is 11.1 Å². The zero-order valence-corrected chi connectivity index (χ0v) is 11.7. The van der Waals surface area contributed by atoms with Gasteiger partial charge in [0.2, 0.25) is 5.91 Å². The summed E-state index contributed by atoms with van der Waals surface area (Å²) in [5.74, 6) is 1.63. The van der Waals surface area contributed by atoms with Gasteiger partial charge in [0.15, 0.2) is 0 Å². The zero-order valence-electron chi connectivity index (χ0n) is 11.7. The molecule has 0 bridgehead atoms. The van der Waals surface area contributed by atoms with E-state index in [-0.39, 0.29) is 5.91 Å². The molecule has 2 rings (SSSR count). The summed E-state index contributed by atoms with van der Waals surface area (Å²) in [6.07, 6.45) is 5.53. The van der Waals surface area contributed by atoms with E-state index in [0.717, 1.165) is 18.0 Å². The molecular formula is C16H24N2O. The van der Waals surface area contributed by atoms with Gasteiger partial charge in [0.25, 0.3) is 0 Å². The normalized spacial score (nSPS) is 23.0. The Bertz CT molecular complexity index is 423. The maximum atomic E-state index is 11.9. The molecule has 0 spiro atoms. The predicted molar refractivity (Wildman–Crippen MR) is 78.7 cm³/mol. The summed E-state index contributed by atoms with van der Waals surface area (Å²) < 4.78 is 0. The number of nitrogen functional groups attached to an aromatic ring is 1. The first-order chi connectivity index (χ1) is 9.13. The van der Waals surface area contributed by atoms with Gasteiger partial charge >= 0.3 is 0 Å². The standard InChI is InChI=1S/C16H24N2O/c1-12-5-7-13(8-6-12)11-18-16(19)10-14-3-2-4-15(17)9-14/h2-4,9,12-13H,5-8,10-11,17H2,1H3,(H,18,19). The molecule has 0 radical (unpaired) electrons. The highest BCUT2D eigenvalue weighted by Gasteiger charge is 2.18. The molecule has 0 heterocycles. The van der Waals surface area contributed by atoms with Gasteiger partial charge in [-0.25, -0.2) is 0 Å². The molecule has 1 aliphatic rings. The Morgan fingerprint density at radius 2 is 2.05 bits per heavy atom. The molecule has 0 atom stereocenters. The number of hydrogen-bond donors (Lipinski definition) is 2. The number of anilines is 1. The van der Waals surface area contributed by atoms with E-state index in [0.29, 0.717) is 18.0 Å². The van der Waals surface area contributed by atoms with Crippen molar-refractivity contribution in [3.8, 4) is 0 Å². The van der Waals surface area contributed by atoms with Gasteiger partial charge in [0, 0.05) is 12.2 Å². The Labute approximate surface area is 115 Å². The van der Waals surface area contributed by atoms with Crippen LogP contribution in [0.1, 0.15) is 38.2 Å². The van der Waals surface area contributed by atoms with Crippen LogP contribution >= 0.6 is 0 Å². The van der Waals surface area contributed by atoms with E-state index in [2.05, 4.69) is 12.2 Å². The molecule has 1 aromatic carbocycles. The molecule has 1 saturated carbocycles. The number of carbonyl (C=O) groups excluding carboxylic acids is 1. The summed E-state index contributed by atoms with van der Waals surface area (Å²) in [7, 11) is 0. The van der Waals surface area contributed by atoms with Crippen molar-refractivity contribution in [3.05, 3.63) is 29.8 Å². The average Bonchev–Trinajstić information content (AvgIpc) is 2.38. The Hall–Kier alpha value is -1.51. The number of nitrogens with two attached hydrogens (primary N) is 1. The molecule has 104 valence electrons. The second-order valence-electron chi connectivity index (χ2n) is 5.85. The van der Waals surface area contributed by atoms with Gasteiger partial charge in [0.1, 0.15) is 0 Å². The monoisotopic (exact) mass is 260 g/mol. The minimum atomic E-state index is 0.101. The maximum Gasteiger partial charge on any atom is 0.224 e. The topological polar surface area (TPSA) is 55.1 Å². The molecule has 3 nitrogen and oxygen atoms in total. The summed E-state index contributed by atoms with van der Waals surface area (Å²) in [6.45, 7) is 3.14. The van der Waals surface area contributed by atoms with Gasteiger partial charge in [-0.3, -0.25) is 4.79 Å². The highest BCUT2D eigenvalue weighted by molar-refractivity contribution is 5.78. The Balaban J connectivity index is 1.73. The molecular weight excluding hydrogens is 236 g/mol. The largest absolute Gasteiger partial charge is 0.399 e. The molecule has 3 heteroatoms. The summed E-state index contributed by atoms with van der Waals surface area (Å²) in [5, 5.41) is 3.06. The molecule has 3 N–H and O–H groups in total. The van der Waals surface area contributed by atoms with Crippen molar-refractivity contribution in [2.24, 2.45) is 11.8 Å². The molecule has 0 aromatic heterocycles. The summed E-state index contributed by atoms with van der Waals surface area (Å²) in [4.78, 5) is 11.9. The van der Waals surface area contributed by atoms with Crippen molar-refractivity contribution in [1.82, 2.24) is 5.32 Å². The van der Waals surface area contributed by atoms with Crippen LogP contribution in [0.3, 0.4) is 0 Å². The van der Waals surface area contributed by atoms with Crippen LogP contribution in [0.15, 0.2) is 24.3 Å². The summed E-state index contributed by atoms with van der Waals surface area (Å²) >= 11 is 0. The number of nitrogens with one attached hydrogen (secondary N) is 1. The van der Waals surface area contributed by atoms with Crippen molar-refractivity contribution in [2.45, 2.75) is 39.0 Å². The molecule has 0 saturated heterocycles. The average molecular weight is 260 g/mol. The molecule has 1 fully saturated rings. The second-order valence-corrected chi connectivity index (χ2v) is 5.85. The fraction of sp³-hybridized carbons (Fsp3) is 0.562. The van der Waals surface area contributed by atoms with Crippen molar-refractivity contribution >= 4 is 11.6 Å². The van der Waals surface area contributed by atoms with E-state index >= 15 is 0 Å². The van der Waals surface area contributed by atoms with Crippen molar-refractivity contribution in [1.29, 1.82) is 0 Å². The Morgan fingerprint density at radius 3 is 2.74 bits per heavy atom. The molecule has 19 heavy (non-hydrogen) atoms. The van der Waals surface area contributed by atoms with E-state index in [1.165, 1.54) is 25.7 Å². The lowest BCUT2D eigenvalue weighted by atomic mass is 9.83. The van der Waals surface area contributed by atoms with Gasteiger partial charge in [-0.15, -0.1) is 0 Å². The number of rotatable bonds is 4. The van der Waals surface area contributed by atoms with Gasteiger partial charge in [-0.05, 0) is 42.4 Å². The first-order valence-corrected chi connectivity index (χ1v) is 7.24. The van der Waals surface area contributed by atoms with E-state index in [1.807, 2.05) is 24.3 Å². The van der Waals surface area contributed by atoms with E-state index in [4.69, 9.17) is 5.73 Å². The molecule has 1 aromatic rings. The lowest BCUT2D eigenvalue weighted by molar-refractivity contribution is -0.120. The summed E-state index contributed by atoms with van der Waals surface area (Å²) in [6, 6.07) is 7.53. The number of carbonyl (C=O) groups is 1. The lowest BCUT2D eigenvalue weighted by Crippen LogP contribution is -2.32. The highest BCUT2D eigenvalue weighted by Crippen LogP contribution is 2.27. The fourth-order valence-electron chi connectivity index (χ4n) is 2.74. The quantitative estimate of drug-likeness (QED) is 0.818. The van der Waals surface area contributed by atoms with Crippen LogP contribution in [0.25, 0.3) is 0 Å². The van der Waals surface area contributed by atoms with Crippen molar-refractivity contribution in [3.63, 3.8) is 0 Å². The fourth-order valence-corrected chi connectivity index (χ4v) is 2.74. The minimum absolute atomic E-state index is 0.101. The third-order valence-corrected chi connectivity index (χ3v) is 4.04. The molecule has 0 unspecified atom stereocenters. The summed E-state index contributed by atoms with van der Waals surface area (Å²) in [5.41, 5.74) is 7.40. The Kier molecular flexibility index (Phi) is 4.83. The van der Waals surface area contributed by atoms with Crippen molar-refractivity contribution in [2.75, 3.05) is 12.3 Å². The molecule has 1 amide bonds.